The van der Waals surface area contributed by atoms with E-state index in [0.29, 0.717) is 31.6 Å². The van der Waals surface area contributed by atoms with Gasteiger partial charge in [-0.2, -0.15) is 13.2 Å². The first-order chi connectivity index (χ1) is 12.2. The Kier molecular flexibility index (Phi) is 5.08. The number of nitrogens with zero attached hydrogens (tertiary/aromatic N) is 4. The summed E-state index contributed by atoms with van der Waals surface area (Å²) < 4.78 is 65.2. The van der Waals surface area contributed by atoms with Crippen molar-refractivity contribution in [1.29, 1.82) is 0 Å². The average Bonchev–Trinajstić information content (AvgIpc) is 3.05. The van der Waals surface area contributed by atoms with Crippen molar-refractivity contribution >= 4 is 5.95 Å². The van der Waals surface area contributed by atoms with Gasteiger partial charge in [0.15, 0.2) is 0 Å². The molecule has 1 aromatic heterocycles. The highest BCUT2D eigenvalue weighted by atomic mass is 19.4. The molecular weight excluding hydrogens is 355 g/mol. The van der Waals surface area contributed by atoms with Crippen LogP contribution in [0.4, 0.5) is 27.9 Å². The van der Waals surface area contributed by atoms with Crippen LogP contribution >= 0.6 is 0 Å². The second-order valence-electron chi connectivity index (χ2n) is 6.26. The highest BCUT2D eigenvalue weighted by Crippen LogP contribution is 2.29. The van der Waals surface area contributed by atoms with E-state index >= 15 is 0 Å². The van der Waals surface area contributed by atoms with E-state index in [2.05, 4.69) is 9.97 Å². The van der Waals surface area contributed by atoms with Crippen LogP contribution in [0.25, 0.3) is 0 Å². The Bertz CT molecular complexity index is 780. The van der Waals surface area contributed by atoms with Crippen LogP contribution < -0.4 is 4.90 Å². The lowest BCUT2D eigenvalue weighted by Gasteiger charge is -2.25. The van der Waals surface area contributed by atoms with Crippen LogP contribution in [0.2, 0.25) is 0 Å². The van der Waals surface area contributed by atoms with Gasteiger partial charge >= 0.3 is 6.18 Å². The van der Waals surface area contributed by atoms with Crippen molar-refractivity contribution in [3.63, 3.8) is 0 Å². The molecule has 2 aromatic rings. The van der Waals surface area contributed by atoms with E-state index in [-0.39, 0.29) is 12.0 Å². The third kappa shape index (κ3) is 4.09. The van der Waals surface area contributed by atoms with Crippen molar-refractivity contribution in [3.8, 4) is 0 Å². The van der Waals surface area contributed by atoms with Crippen LogP contribution in [0.15, 0.2) is 30.5 Å². The monoisotopic (exact) mass is 372 g/mol. The fraction of sp³-hybridized carbons (Fsp3) is 0.412. The number of benzene rings is 1. The Morgan fingerprint density at radius 2 is 2.00 bits per heavy atom. The number of hydrogen-bond acceptors (Lipinski definition) is 4. The zero-order chi connectivity index (χ0) is 18.9. The predicted molar refractivity (Wildman–Crippen MR) is 85.5 cm³/mol. The van der Waals surface area contributed by atoms with E-state index in [1.165, 1.54) is 12.1 Å². The number of anilines is 1. The van der Waals surface area contributed by atoms with Crippen molar-refractivity contribution < 1.29 is 22.0 Å². The summed E-state index contributed by atoms with van der Waals surface area (Å²) in [4.78, 5) is 11.1. The first-order valence-corrected chi connectivity index (χ1v) is 8.03. The third-order valence-corrected chi connectivity index (χ3v) is 4.45. The van der Waals surface area contributed by atoms with E-state index in [4.69, 9.17) is 0 Å². The number of aromatic nitrogens is 2. The lowest BCUT2D eigenvalue weighted by atomic mass is 10.2. The Hall–Kier alpha value is -2.29. The average molecular weight is 372 g/mol. The zero-order valence-corrected chi connectivity index (χ0v) is 14.0. The van der Waals surface area contributed by atoms with E-state index in [9.17, 15) is 22.0 Å². The lowest BCUT2D eigenvalue weighted by Crippen LogP contribution is -2.36. The van der Waals surface area contributed by atoms with Crippen LogP contribution in [0.3, 0.4) is 0 Å². The van der Waals surface area contributed by atoms with Gasteiger partial charge in [0, 0.05) is 50.6 Å². The standard InChI is InChI=1S/C17H17F5N4/c1-25(16-23-6-4-15(24-16)17(20,21)22)13-5-7-26(10-13)9-11-2-3-12(18)8-14(11)19/h2-4,6,8,13H,5,7,9-10H2,1H3. The van der Waals surface area contributed by atoms with Gasteiger partial charge in [0.2, 0.25) is 5.95 Å². The molecule has 9 heteroatoms. The fourth-order valence-electron chi connectivity index (χ4n) is 3.00. The first-order valence-electron chi connectivity index (χ1n) is 8.03. The second-order valence-corrected chi connectivity index (χ2v) is 6.26. The van der Waals surface area contributed by atoms with Crippen molar-refractivity contribution in [3.05, 3.63) is 53.4 Å². The van der Waals surface area contributed by atoms with Gasteiger partial charge in [-0.15, -0.1) is 0 Å². The van der Waals surface area contributed by atoms with Gasteiger partial charge in [0.1, 0.15) is 17.3 Å². The van der Waals surface area contributed by atoms with Gasteiger partial charge in [-0.25, -0.2) is 18.7 Å². The normalized spacial score (nSPS) is 18.3. The van der Waals surface area contributed by atoms with E-state index < -0.39 is 23.5 Å². The quantitative estimate of drug-likeness (QED) is 0.770. The summed E-state index contributed by atoms with van der Waals surface area (Å²) >= 11 is 0. The van der Waals surface area contributed by atoms with Crippen LogP contribution in [0, 0.1) is 11.6 Å². The molecular formula is C17H17F5N4. The molecule has 4 nitrogen and oxygen atoms in total. The van der Waals surface area contributed by atoms with Crippen LogP contribution in [0.1, 0.15) is 17.7 Å². The summed E-state index contributed by atoms with van der Waals surface area (Å²) in [6.07, 6.45) is -2.76. The number of halogens is 5. The predicted octanol–water partition coefficient (Wildman–Crippen LogP) is 3.48. The molecule has 1 unspecified atom stereocenters. The molecule has 0 bridgehead atoms. The minimum absolute atomic E-state index is 0.000335. The van der Waals surface area contributed by atoms with Gasteiger partial charge in [-0.3, -0.25) is 4.90 Å². The maximum atomic E-state index is 13.8. The molecule has 1 atom stereocenters. The number of hydrogen-bond donors (Lipinski definition) is 0. The molecule has 3 rings (SSSR count). The minimum atomic E-state index is -4.53. The van der Waals surface area contributed by atoms with Crippen molar-refractivity contribution in [2.75, 3.05) is 25.0 Å². The Labute approximate surface area is 147 Å². The minimum Gasteiger partial charge on any atom is -0.340 e. The Morgan fingerprint density at radius 1 is 1.23 bits per heavy atom. The zero-order valence-electron chi connectivity index (χ0n) is 14.0. The molecule has 140 valence electrons. The number of alkyl halides is 3. The largest absolute Gasteiger partial charge is 0.433 e. The summed E-state index contributed by atoms with van der Waals surface area (Å²) in [6, 6.07) is 4.18. The van der Waals surface area contributed by atoms with Crippen molar-refractivity contribution in [1.82, 2.24) is 14.9 Å². The van der Waals surface area contributed by atoms with Gasteiger partial charge in [-0.05, 0) is 18.6 Å². The molecule has 0 radical (unpaired) electrons. The lowest BCUT2D eigenvalue weighted by molar-refractivity contribution is -0.141. The van der Waals surface area contributed by atoms with Crippen LogP contribution in [-0.4, -0.2) is 41.0 Å². The molecule has 1 aliphatic rings. The summed E-state index contributed by atoms with van der Waals surface area (Å²) in [5.41, 5.74) is -0.609. The second kappa shape index (κ2) is 7.14. The molecule has 0 N–H and O–H groups in total. The molecule has 1 fully saturated rings. The van der Waals surface area contributed by atoms with Gasteiger partial charge in [-0.1, -0.05) is 6.07 Å². The number of rotatable bonds is 4. The Balaban J connectivity index is 1.66. The van der Waals surface area contributed by atoms with Gasteiger partial charge < -0.3 is 4.90 Å². The molecule has 0 spiro atoms. The van der Waals surface area contributed by atoms with Crippen molar-refractivity contribution in [2.24, 2.45) is 0 Å². The summed E-state index contributed by atoms with van der Waals surface area (Å²) in [5, 5.41) is 0. The Morgan fingerprint density at radius 3 is 2.69 bits per heavy atom. The fourth-order valence-corrected chi connectivity index (χ4v) is 3.00. The molecule has 26 heavy (non-hydrogen) atoms. The SMILES string of the molecule is CN(c1nccc(C(F)(F)F)n1)C1CCN(Cc2ccc(F)cc2F)C1. The molecule has 2 heterocycles. The van der Waals surface area contributed by atoms with E-state index in [1.807, 2.05) is 4.90 Å². The third-order valence-electron chi connectivity index (χ3n) is 4.45. The number of likely N-dealkylation sites (N-methyl/N-ethyl adjacent to an activating group) is 1. The first kappa shape index (κ1) is 18.5. The maximum absolute atomic E-state index is 13.8. The topological polar surface area (TPSA) is 32.3 Å². The maximum Gasteiger partial charge on any atom is 0.433 e. The van der Waals surface area contributed by atoms with E-state index in [0.717, 1.165) is 18.3 Å². The molecule has 0 aliphatic carbocycles. The van der Waals surface area contributed by atoms with Crippen molar-refractivity contribution in [2.45, 2.75) is 25.2 Å². The summed E-state index contributed by atoms with van der Waals surface area (Å²) in [6.45, 7) is 1.47. The highest BCUT2D eigenvalue weighted by Gasteiger charge is 2.34. The van der Waals surface area contributed by atoms with Crippen LogP contribution in [0.5, 0.6) is 0 Å². The van der Waals surface area contributed by atoms with Gasteiger partial charge in [0.05, 0.1) is 0 Å². The van der Waals surface area contributed by atoms with E-state index in [1.54, 1.807) is 11.9 Å². The molecule has 0 saturated carbocycles. The number of likely N-dealkylation sites (tertiary alicyclic amines) is 1. The molecule has 1 saturated heterocycles. The van der Waals surface area contributed by atoms with Crippen LogP contribution in [-0.2, 0) is 12.7 Å². The molecule has 1 aromatic carbocycles. The smallest absolute Gasteiger partial charge is 0.340 e. The van der Waals surface area contributed by atoms with Gasteiger partial charge in [0.25, 0.3) is 0 Å². The molecule has 0 amide bonds. The molecule has 1 aliphatic heterocycles. The summed E-state index contributed by atoms with van der Waals surface area (Å²) in [7, 11) is 1.64. The highest BCUT2D eigenvalue weighted by molar-refractivity contribution is 5.32. The summed E-state index contributed by atoms with van der Waals surface area (Å²) in [5.74, 6) is -1.24.